The molecule has 2 aliphatic rings. The van der Waals surface area contributed by atoms with Crippen LogP contribution in [0, 0.1) is 0 Å². The number of carbonyl (C=O) groups excluding carboxylic acids is 1. The van der Waals surface area contributed by atoms with Gasteiger partial charge in [-0.2, -0.15) is 0 Å². The molecule has 2 aromatic rings. The lowest BCUT2D eigenvalue weighted by atomic mass is 10.0. The van der Waals surface area contributed by atoms with Gasteiger partial charge in [0, 0.05) is 44.6 Å². The highest BCUT2D eigenvalue weighted by atomic mass is 16.2. The summed E-state index contributed by atoms with van der Waals surface area (Å²) in [6.45, 7) is 4.47. The van der Waals surface area contributed by atoms with Crippen LogP contribution in [0.15, 0.2) is 42.6 Å². The van der Waals surface area contributed by atoms with Crippen molar-refractivity contribution >= 4 is 17.4 Å². The predicted octanol–water partition coefficient (Wildman–Crippen LogP) is 2.06. The highest BCUT2D eigenvalue weighted by Gasteiger charge is 2.25. The van der Waals surface area contributed by atoms with Gasteiger partial charge in [0.25, 0.3) is 5.91 Å². The van der Waals surface area contributed by atoms with Crippen molar-refractivity contribution in [2.45, 2.75) is 12.8 Å². The van der Waals surface area contributed by atoms with E-state index >= 15 is 0 Å². The Labute approximate surface area is 154 Å². The number of carbonyl (C=O) groups is 1. The minimum atomic E-state index is -0.0827. The monoisotopic (exact) mass is 351 g/mol. The molecule has 0 saturated carbocycles. The zero-order chi connectivity index (χ0) is 17.9. The summed E-state index contributed by atoms with van der Waals surface area (Å²) in [5.74, 6) is 0.659. The molecule has 6 nitrogen and oxygen atoms in total. The lowest BCUT2D eigenvalue weighted by molar-refractivity contribution is 0.0663. The van der Waals surface area contributed by atoms with Crippen molar-refractivity contribution in [1.82, 2.24) is 20.3 Å². The van der Waals surface area contributed by atoms with E-state index in [0.29, 0.717) is 5.56 Å². The molecule has 1 aromatic carbocycles. The van der Waals surface area contributed by atoms with Gasteiger partial charge in [-0.05, 0) is 43.7 Å². The molecule has 136 valence electrons. The number of benzene rings is 1. The standard InChI is InChI=1S/C20H25N5O/c1-23-12-14-24(15-13-23)22-20(26)17-8-4-10-21-19(17)25-11-5-7-16-6-2-3-9-18(16)25/h2-4,6,8-10H,5,7,11-15H2,1H3,(H,22,26). The number of rotatable bonds is 3. The molecule has 6 heteroatoms. The van der Waals surface area contributed by atoms with E-state index in [4.69, 9.17) is 0 Å². The Morgan fingerprint density at radius 1 is 1.04 bits per heavy atom. The molecule has 0 atom stereocenters. The third kappa shape index (κ3) is 3.43. The number of hydrogen-bond acceptors (Lipinski definition) is 5. The number of aromatic nitrogens is 1. The van der Waals surface area contributed by atoms with Gasteiger partial charge in [0.1, 0.15) is 5.82 Å². The SMILES string of the molecule is CN1CCN(NC(=O)c2cccnc2N2CCCc3ccccc32)CC1. The first-order valence-electron chi connectivity index (χ1n) is 9.27. The topological polar surface area (TPSA) is 51.7 Å². The van der Waals surface area contributed by atoms with Crippen LogP contribution >= 0.6 is 0 Å². The van der Waals surface area contributed by atoms with Crippen molar-refractivity contribution in [3.63, 3.8) is 0 Å². The molecule has 0 aliphatic carbocycles. The Hall–Kier alpha value is -2.44. The minimum Gasteiger partial charge on any atom is -0.325 e. The number of hydrogen-bond donors (Lipinski definition) is 1. The summed E-state index contributed by atoms with van der Waals surface area (Å²) in [6.07, 6.45) is 3.90. The molecule has 0 unspecified atom stereocenters. The molecule has 1 amide bonds. The van der Waals surface area contributed by atoms with Crippen LogP contribution in [0.25, 0.3) is 0 Å². The second-order valence-corrected chi connectivity index (χ2v) is 6.99. The third-order valence-corrected chi connectivity index (χ3v) is 5.16. The number of fused-ring (bicyclic) bond motifs is 1. The number of piperazine rings is 1. The highest BCUT2D eigenvalue weighted by Crippen LogP contribution is 2.33. The molecule has 26 heavy (non-hydrogen) atoms. The van der Waals surface area contributed by atoms with Gasteiger partial charge < -0.3 is 9.80 Å². The smallest absolute Gasteiger partial charge is 0.269 e. The molecule has 1 fully saturated rings. The number of para-hydroxylation sites is 1. The second kappa shape index (κ2) is 7.43. The van der Waals surface area contributed by atoms with E-state index in [-0.39, 0.29) is 5.91 Å². The maximum Gasteiger partial charge on any atom is 0.269 e. The zero-order valence-corrected chi connectivity index (χ0v) is 15.2. The van der Waals surface area contributed by atoms with E-state index in [0.717, 1.165) is 57.1 Å². The summed E-state index contributed by atoms with van der Waals surface area (Å²) in [5.41, 5.74) is 6.16. The Morgan fingerprint density at radius 2 is 1.85 bits per heavy atom. The number of amides is 1. The molecule has 1 aromatic heterocycles. The summed E-state index contributed by atoms with van der Waals surface area (Å²) in [4.78, 5) is 21.9. The van der Waals surface area contributed by atoms with Gasteiger partial charge >= 0.3 is 0 Å². The largest absolute Gasteiger partial charge is 0.325 e. The molecule has 1 N–H and O–H groups in total. The number of likely N-dealkylation sites (N-methyl/N-ethyl adjacent to an activating group) is 1. The first-order valence-corrected chi connectivity index (χ1v) is 9.27. The Balaban J connectivity index is 1.59. The molecular weight excluding hydrogens is 326 g/mol. The van der Waals surface area contributed by atoms with Gasteiger partial charge in [-0.25, -0.2) is 9.99 Å². The fourth-order valence-corrected chi connectivity index (χ4v) is 3.67. The number of nitrogens with one attached hydrogen (secondary N) is 1. The van der Waals surface area contributed by atoms with Gasteiger partial charge in [0.2, 0.25) is 0 Å². The van der Waals surface area contributed by atoms with Gasteiger partial charge in [-0.15, -0.1) is 0 Å². The van der Waals surface area contributed by atoms with E-state index in [1.165, 1.54) is 5.56 Å². The molecular formula is C20H25N5O. The fourth-order valence-electron chi connectivity index (χ4n) is 3.67. The number of anilines is 2. The van der Waals surface area contributed by atoms with Gasteiger partial charge in [-0.1, -0.05) is 18.2 Å². The number of aryl methyl sites for hydroxylation is 1. The highest BCUT2D eigenvalue weighted by molar-refractivity contribution is 5.99. The summed E-state index contributed by atoms with van der Waals surface area (Å²) < 4.78 is 0. The van der Waals surface area contributed by atoms with Gasteiger partial charge in [-0.3, -0.25) is 10.2 Å². The predicted molar refractivity (Wildman–Crippen MR) is 103 cm³/mol. The Bertz CT molecular complexity index is 785. The van der Waals surface area contributed by atoms with Crippen molar-refractivity contribution in [2.24, 2.45) is 0 Å². The van der Waals surface area contributed by atoms with Gasteiger partial charge in [0.15, 0.2) is 0 Å². The normalized spacial score (nSPS) is 18.4. The van der Waals surface area contributed by atoms with E-state index in [2.05, 4.69) is 45.5 Å². The summed E-state index contributed by atoms with van der Waals surface area (Å²) in [7, 11) is 2.10. The fraction of sp³-hybridized carbons (Fsp3) is 0.400. The van der Waals surface area contributed by atoms with Crippen molar-refractivity contribution in [3.8, 4) is 0 Å². The lowest BCUT2D eigenvalue weighted by Crippen LogP contribution is -2.52. The molecule has 0 spiro atoms. The Morgan fingerprint density at radius 3 is 2.69 bits per heavy atom. The first-order chi connectivity index (χ1) is 12.7. The molecule has 0 bridgehead atoms. The maximum absolute atomic E-state index is 12.9. The zero-order valence-electron chi connectivity index (χ0n) is 15.2. The van der Waals surface area contributed by atoms with Crippen LogP contribution in [0.4, 0.5) is 11.5 Å². The number of hydrazine groups is 1. The van der Waals surface area contributed by atoms with Crippen LogP contribution in [0.2, 0.25) is 0 Å². The van der Waals surface area contributed by atoms with E-state index in [1.807, 2.05) is 23.2 Å². The van der Waals surface area contributed by atoms with Crippen LogP contribution < -0.4 is 10.3 Å². The van der Waals surface area contributed by atoms with Crippen molar-refractivity contribution in [3.05, 3.63) is 53.7 Å². The summed E-state index contributed by atoms with van der Waals surface area (Å²) >= 11 is 0. The molecule has 0 radical (unpaired) electrons. The molecule has 2 aliphatic heterocycles. The number of pyridine rings is 1. The molecule has 4 rings (SSSR count). The van der Waals surface area contributed by atoms with Crippen LogP contribution in [0.1, 0.15) is 22.3 Å². The van der Waals surface area contributed by atoms with Crippen molar-refractivity contribution < 1.29 is 4.79 Å². The Kier molecular flexibility index (Phi) is 4.86. The number of nitrogens with zero attached hydrogens (tertiary/aromatic N) is 4. The van der Waals surface area contributed by atoms with Crippen LogP contribution in [0.3, 0.4) is 0 Å². The third-order valence-electron chi connectivity index (χ3n) is 5.16. The molecule has 3 heterocycles. The average molecular weight is 351 g/mol. The molecule has 1 saturated heterocycles. The second-order valence-electron chi connectivity index (χ2n) is 6.99. The lowest BCUT2D eigenvalue weighted by Gasteiger charge is -2.33. The van der Waals surface area contributed by atoms with Crippen molar-refractivity contribution in [2.75, 3.05) is 44.7 Å². The van der Waals surface area contributed by atoms with Crippen LogP contribution in [-0.2, 0) is 6.42 Å². The van der Waals surface area contributed by atoms with E-state index < -0.39 is 0 Å². The van der Waals surface area contributed by atoms with E-state index in [9.17, 15) is 4.79 Å². The average Bonchev–Trinajstić information content (AvgIpc) is 2.69. The van der Waals surface area contributed by atoms with Gasteiger partial charge in [0.05, 0.1) is 5.56 Å². The van der Waals surface area contributed by atoms with E-state index in [1.54, 1.807) is 6.20 Å². The first kappa shape index (κ1) is 17.0. The van der Waals surface area contributed by atoms with Crippen LogP contribution in [0.5, 0.6) is 0 Å². The minimum absolute atomic E-state index is 0.0827. The van der Waals surface area contributed by atoms with Crippen LogP contribution in [-0.4, -0.2) is 60.6 Å². The quantitative estimate of drug-likeness (QED) is 0.917. The van der Waals surface area contributed by atoms with Crippen molar-refractivity contribution in [1.29, 1.82) is 0 Å². The maximum atomic E-state index is 12.9. The summed E-state index contributed by atoms with van der Waals surface area (Å²) in [5, 5.41) is 2.00. The summed E-state index contributed by atoms with van der Waals surface area (Å²) in [6, 6.07) is 12.1.